The summed E-state index contributed by atoms with van der Waals surface area (Å²) in [6, 6.07) is 14.0. The predicted octanol–water partition coefficient (Wildman–Crippen LogP) is 11.6. The van der Waals surface area contributed by atoms with Gasteiger partial charge in [-0.25, -0.2) is 0 Å². The Balaban J connectivity index is 1.64. The summed E-state index contributed by atoms with van der Waals surface area (Å²) in [7, 11) is 0. The summed E-state index contributed by atoms with van der Waals surface area (Å²) in [5, 5.41) is 6.26. The van der Waals surface area contributed by atoms with Crippen molar-refractivity contribution in [3.63, 3.8) is 0 Å². The van der Waals surface area contributed by atoms with E-state index in [0.717, 1.165) is 28.8 Å². The first-order chi connectivity index (χ1) is 18.4. The highest BCUT2D eigenvalue weighted by molar-refractivity contribution is 9.11. The number of hydrogen-bond donors (Lipinski definition) is 0. The minimum absolute atomic E-state index is 0.280. The Bertz CT molecular complexity index is 1610. The van der Waals surface area contributed by atoms with Crippen molar-refractivity contribution in [1.82, 2.24) is 0 Å². The first kappa shape index (κ1) is 25.9. The van der Waals surface area contributed by atoms with Crippen molar-refractivity contribution in [2.24, 2.45) is 11.8 Å². The first-order valence-corrected chi connectivity index (χ1v) is 15.4. The molecule has 6 rings (SSSR count). The summed E-state index contributed by atoms with van der Waals surface area (Å²) in [5.41, 5.74) is 10.4. The van der Waals surface area contributed by atoms with Crippen LogP contribution >= 0.6 is 27.5 Å². The lowest BCUT2D eigenvalue weighted by Crippen LogP contribution is -2.14. The molecule has 0 bridgehead atoms. The standard InChI is InChI=1S/C36H36BrCl/c1-5-21(2)24-16-22(3)36(23(4)17-24)34-20-33-27-11-7-6-10-26(27)31(30-15-14-25(38)18-35(30)37)19-32(33)28-12-8-9-13-29(28)34/h6-8,10-12,14,16,18-21,23,30H,5,9,13,15,17H2,1-4H3. The van der Waals surface area contributed by atoms with E-state index in [-0.39, 0.29) is 5.92 Å². The van der Waals surface area contributed by atoms with E-state index in [2.05, 4.69) is 110 Å². The fourth-order valence-corrected chi connectivity index (χ4v) is 8.03. The van der Waals surface area contributed by atoms with Gasteiger partial charge in [0.2, 0.25) is 0 Å². The summed E-state index contributed by atoms with van der Waals surface area (Å²) in [6.07, 6.45) is 17.0. The van der Waals surface area contributed by atoms with Gasteiger partial charge in [0.15, 0.2) is 0 Å². The van der Waals surface area contributed by atoms with Crippen LogP contribution in [0.2, 0.25) is 0 Å². The molecule has 0 heterocycles. The zero-order chi connectivity index (χ0) is 26.6. The van der Waals surface area contributed by atoms with E-state index in [1.165, 1.54) is 62.2 Å². The maximum Gasteiger partial charge on any atom is 0.0374 e. The van der Waals surface area contributed by atoms with Crippen LogP contribution in [0.3, 0.4) is 0 Å². The van der Waals surface area contributed by atoms with Crippen molar-refractivity contribution in [2.45, 2.75) is 65.7 Å². The molecule has 0 saturated carbocycles. The van der Waals surface area contributed by atoms with E-state index >= 15 is 0 Å². The monoisotopic (exact) mass is 582 g/mol. The summed E-state index contributed by atoms with van der Waals surface area (Å²) >= 11 is 10.2. The van der Waals surface area contributed by atoms with Gasteiger partial charge in [-0.2, -0.15) is 0 Å². The molecule has 0 radical (unpaired) electrons. The van der Waals surface area contributed by atoms with E-state index in [1.54, 1.807) is 11.1 Å². The SMILES string of the molecule is CCC(C)C1=CC(C)=C(c2cc3c(cc(C4CC=C(Cl)C=C4Br)c4ccccc43)c3c2CCC=C3)C(C)C1. The van der Waals surface area contributed by atoms with Crippen LogP contribution in [0.5, 0.6) is 0 Å². The zero-order valence-electron chi connectivity index (χ0n) is 22.9. The number of hydrogen-bond acceptors (Lipinski definition) is 0. The molecular formula is C36H36BrCl. The topological polar surface area (TPSA) is 0 Å². The van der Waals surface area contributed by atoms with Crippen molar-refractivity contribution in [3.05, 3.63) is 104 Å². The Kier molecular flexibility index (Phi) is 7.04. The van der Waals surface area contributed by atoms with Crippen molar-refractivity contribution in [1.29, 1.82) is 0 Å². The molecule has 3 unspecified atom stereocenters. The molecule has 3 aromatic rings. The second-order valence-corrected chi connectivity index (χ2v) is 12.9. The number of allylic oxidation sites excluding steroid dienone is 9. The second-order valence-electron chi connectivity index (χ2n) is 11.5. The summed E-state index contributed by atoms with van der Waals surface area (Å²) in [6.45, 7) is 9.47. The largest absolute Gasteiger partial charge is 0.0847 e. The Hall–Kier alpha value is -2.35. The molecule has 194 valence electrons. The van der Waals surface area contributed by atoms with Gasteiger partial charge < -0.3 is 0 Å². The molecule has 0 spiro atoms. The average Bonchev–Trinajstić information content (AvgIpc) is 2.92. The summed E-state index contributed by atoms with van der Waals surface area (Å²) < 4.78 is 1.16. The summed E-state index contributed by atoms with van der Waals surface area (Å²) in [4.78, 5) is 0. The van der Waals surface area contributed by atoms with Gasteiger partial charge in [0, 0.05) is 15.4 Å². The maximum absolute atomic E-state index is 6.36. The smallest absolute Gasteiger partial charge is 0.0374 e. The van der Waals surface area contributed by atoms with Crippen LogP contribution in [0.1, 0.15) is 81.5 Å². The van der Waals surface area contributed by atoms with E-state index in [4.69, 9.17) is 11.6 Å². The Labute approximate surface area is 241 Å². The highest BCUT2D eigenvalue weighted by Crippen LogP contribution is 2.47. The van der Waals surface area contributed by atoms with Gasteiger partial charge in [-0.1, -0.05) is 102 Å². The molecule has 2 heteroatoms. The molecule has 38 heavy (non-hydrogen) atoms. The average molecular weight is 584 g/mol. The van der Waals surface area contributed by atoms with Gasteiger partial charge in [-0.15, -0.1) is 0 Å². The van der Waals surface area contributed by atoms with Crippen LogP contribution in [0, 0.1) is 11.8 Å². The zero-order valence-corrected chi connectivity index (χ0v) is 25.2. The lowest BCUT2D eigenvalue weighted by atomic mass is 9.74. The van der Waals surface area contributed by atoms with E-state index in [9.17, 15) is 0 Å². The minimum atomic E-state index is 0.280. The lowest BCUT2D eigenvalue weighted by Gasteiger charge is -2.31. The van der Waals surface area contributed by atoms with Crippen LogP contribution in [-0.4, -0.2) is 0 Å². The molecular weight excluding hydrogens is 548 g/mol. The van der Waals surface area contributed by atoms with Crippen molar-refractivity contribution in [3.8, 4) is 0 Å². The predicted molar refractivity (Wildman–Crippen MR) is 171 cm³/mol. The van der Waals surface area contributed by atoms with Crippen LogP contribution in [-0.2, 0) is 6.42 Å². The Morgan fingerprint density at radius 2 is 1.84 bits per heavy atom. The minimum Gasteiger partial charge on any atom is -0.0847 e. The molecule has 3 aliphatic carbocycles. The third-order valence-corrected chi connectivity index (χ3v) is 10.2. The van der Waals surface area contributed by atoms with Crippen LogP contribution in [0.25, 0.3) is 33.2 Å². The molecule has 3 atom stereocenters. The molecule has 0 saturated heterocycles. The molecule has 3 aromatic carbocycles. The molecule has 0 N–H and O–H groups in total. The van der Waals surface area contributed by atoms with Gasteiger partial charge in [0.25, 0.3) is 0 Å². The van der Waals surface area contributed by atoms with Gasteiger partial charge in [0.05, 0.1) is 0 Å². The van der Waals surface area contributed by atoms with E-state index in [1.807, 2.05) is 0 Å². The third-order valence-electron chi connectivity index (χ3n) is 9.12. The number of benzene rings is 3. The first-order valence-electron chi connectivity index (χ1n) is 14.2. The maximum atomic E-state index is 6.36. The molecule has 0 nitrogen and oxygen atoms in total. The van der Waals surface area contributed by atoms with Gasteiger partial charge in [0.1, 0.15) is 0 Å². The fourth-order valence-electron chi connectivity index (χ4n) is 7.01. The second kappa shape index (κ2) is 10.3. The fraction of sp³-hybridized carbons (Fsp3) is 0.333. The van der Waals surface area contributed by atoms with Crippen molar-refractivity contribution >= 4 is 60.7 Å². The Morgan fingerprint density at radius 3 is 2.58 bits per heavy atom. The van der Waals surface area contributed by atoms with Gasteiger partial charge in [-0.3, -0.25) is 0 Å². The quantitative estimate of drug-likeness (QED) is 0.268. The van der Waals surface area contributed by atoms with Crippen molar-refractivity contribution in [2.75, 3.05) is 0 Å². The number of rotatable bonds is 4. The highest BCUT2D eigenvalue weighted by atomic mass is 79.9. The third kappa shape index (κ3) is 4.37. The van der Waals surface area contributed by atoms with E-state index < -0.39 is 0 Å². The normalized spacial score (nSPS) is 22.3. The number of fused-ring (bicyclic) bond motifs is 5. The van der Waals surface area contributed by atoms with Gasteiger partial charge in [-0.05, 0) is 124 Å². The molecule has 0 fully saturated rings. The molecule has 3 aliphatic rings. The molecule has 0 aromatic heterocycles. The van der Waals surface area contributed by atoms with Crippen LogP contribution in [0.4, 0.5) is 0 Å². The van der Waals surface area contributed by atoms with Crippen LogP contribution < -0.4 is 0 Å². The lowest BCUT2D eigenvalue weighted by molar-refractivity contribution is 0.579. The van der Waals surface area contributed by atoms with E-state index in [0.29, 0.717) is 11.8 Å². The van der Waals surface area contributed by atoms with Crippen molar-refractivity contribution < 1.29 is 0 Å². The summed E-state index contributed by atoms with van der Waals surface area (Å²) in [5.74, 6) is 1.46. The Morgan fingerprint density at radius 1 is 1.05 bits per heavy atom. The number of halogens is 2. The van der Waals surface area contributed by atoms with Crippen LogP contribution in [0.15, 0.2) is 81.4 Å². The molecule has 0 amide bonds. The molecule has 0 aliphatic heterocycles. The van der Waals surface area contributed by atoms with Gasteiger partial charge >= 0.3 is 0 Å². The highest BCUT2D eigenvalue weighted by Gasteiger charge is 2.27.